The van der Waals surface area contributed by atoms with Crippen LogP contribution >= 0.6 is 0 Å². The normalized spacial score (nSPS) is 13.6. The van der Waals surface area contributed by atoms with Crippen molar-refractivity contribution in [3.8, 4) is 17.3 Å². The van der Waals surface area contributed by atoms with E-state index in [-0.39, 0.29) is 48.1 Å². The number of rotatable bonds is 7. The van der Waals surface area contributed by atoms with E-state index in [1.54, 1.807) is 0 Å². The van der Waals surface area contributed by atoms with Crippen molar-refractivity contribution < 1.29 is 25.8 Å². The fraction of sp³-hybridized carbons (Fsp3) is 0.311. The Morgan fingerprint density at radius 1 is 0.493 bits per heavy atom. The molecule has 5 nitrogen and oxygen atoms in total. The van der Waals surface area contributed by atoms with E-state index in [4.69, 9.17) is 9.72 Å². The molecule has 348 valence electrons. The number of fused-ring (bicyclic) bond motifs is 4. The Morgan fingerprint density at radius 2 is 1.10 bits per heavy atom. The second kappa shape index (κ2) is 17.1. The first-order valence-corrected chi connectivity index (χ1v) is 23.5. The van der Waals surface area contributed by atoms with Crippen molar-refractivity contribution in [3.63, 3.8) is 0 Å². The van der Waals surface area contributed by atoms with Crippen LogP contribution in [0.2, 0.25) is 0 Å². The molecule has 2 aromatic heterocycles. The molecule has 0 aliphatic carbocycles. The maximum atomic E-state index is 6.78. The maximum absolute atomic E-state index is 6.78. The standard InChI is InChI=1S/C61H65N4O.Pt/c1-57(2,3)41-22-18-23-44(32-41)63-39-64(55-38-51(60(10,11)12)50(37-54(55)63)59(7,8)9)45-24-19-25-46(35-45)66-47-27-28-48-49-33-43(61(13,14)40-20-16-15-17-21-40)26-29-52(49)65(53(48)36-47)56-34-42(30-31-62-56)58(4,5)6;/h15-34,37-39H,1-14H3;/q-3;. The molecular formula is C61H65N4OPt-3. The van der Waals surface area contributed by atoms with Gasteiger partial charge in [-0.1, -0.05) is 157 Å². The van der Waals surface area contributed by atoms with Crippen LogP contribution in [-0.2, 0) is 48.1 Å². The van der Waals surface area contributed by atoms with Gasteiger partial charge in [-0.3, -0.25) is 0 Å². The molecule has 0 bridgehead atoms. The molecule has 67 heavy (non-hydrogen) atoms. The third kappa shape index (κ3) is 9.09. The minimum atomic E-state index is -0.203. The van der Waals surface area contributed by atoms with Crippen molar-refractivity contribution in [3.05, 3.63) is 186 Å². The van der Waals surface area contributed by atoms with Gasteiger partial charge in [0, 0.05) is 66.8 Å². The second-order valence-electron chi connectivity index (χ2n) is 22.8. The van der Waals surface area contributed by atoms with Crippen LogP contribution in [0.4, 0.5) is 22.7 Å². The van der Waals surface area contributed by atoms with Gasteiger partial charge in [-0.05, 0) is 103 Å². The molecule has 0 saturated heterocycles. The van der Waals surface area contributed by atoms with Crippen molar-refractivity contribution in [2.75, 3.05) is 9.80 Å². The molecule has 6 heteroatoms. The zero-order valence-corrected chi connectivity index (χ0v) is 44.1. The smallest absolute Gasteiger partial charge is 0.135 e. The van der Waals surface area contributed by atoms with Gasteiger partial charge in [0.25, 0.3) is 0 Å². The number of hydrogen-bond acceptors (Lipinski definition) is 4. The van der Waals surface area contributed by atoms with Crippen LogP contribution in [0.15, 0.2) is 134 Å². The molecule has 1 aliphatic rings. The van der Waals surface area contributed by atoms with Crippen molar-refractivity contribution >= 4 is 44.6 Å². The van der Waals surface area contributed by atoms with Crippen molar-refractivity contribution in [2.24, 2.45) is 0 Å². The molecule has 0 unspecified atom stereocenters. The van der Waals surface area contributed by atoms with Crippen molar-refractivity contribution in [2.45, 2.75) is 124 Å². The zero-order valence-electron chi connectivity index (χ0n) is 41.8. The van der Waals surface area contributed by atoms with Crippen LogP contribution in [0.3, 0.4) is 0 Å². The van der Waals surface area contributed by atoms with E-state index in [2.05, 4.69) is 245 Å². The number of aromatic nitrogens is 2. The molecule has 9 rings (SSSR count). The van der Waals surface area contributed by atoms with Gasteiger partial charge in [-0.2, -0.15) is 12.1 Å². The summed E-state index contributed by atoms with van der Waals surface area (Å²) in [7, 11) is 0. The molecule has 0 saturated carbocycles. The Bertz CT molecular complexity index is 3120. The Kier molecular flexibility index (Phi) is 12.2. The first-order chi connectivity index (χ1) is 31.0. The first kappa shape index (κ1) is 47.8. The zero-order chi connectivity index (χ0) is 47.1. The first-order valence-electron chi connectivity index (χ1n) is 23.5. The number of hydrogen-bond donors (Lipinski definition) is 0. The summed E-state index contributed by atoms with van der Waals surface area (Å²) < 4.78 is 9.02. The summed E-state index contributed by atoms with van der Waals surface area (Å²) in [5.74, 6) is 2.06. The minimum absolute atomic E-state index is 0. The van der Waals surface area contributed by atoms with Gasteiger partial charge in [0.05, 0.1) is 0 Å². The number of ether oxygens (including phenoxy) is 1. The van der Waals surface area contributed by atoms with Crippen molar-refractivity contribution in [1.82, 2.24) is 9.55 Å². The average molecular weight is 1070 g/mol. The molecule has 0 fully saturated rings. The average Bonchev–Trinajstić information content (AvgIpc) is 3.80. The fourth-order valence-electron chi connectivity index (χ4n) is 9.36. The minimum Gasteiger partial charge on any atom is -0.509 e. The topological polar surface area (TPSA) is 33.5 Å². The molecule has 8 aromatic rings. The molecule has 0 atom stereocenters. The molecular weight excluding hydrogens is 1000 g/mol. The van der Waals surface area contributed by atoms with Crippen LogP contribution in [0.25, 0.3) is 27.6 Å². The Morgan fingerprint density at radius 3 is 1.76 bits per heavy atom. The summed E-state index contributed by atoms with van der Waals surface area (Å²) in [6.07, 6.45) is 1.92. The third-order valence-electron chi connectivity index (χ3n) is 13.4. The van der Waals surface area contributed by atoms with E-state index >= 15 is 0 Å². The van der Waals surface area contributed by atoms with Crippen LogP contribution in [-0.4, -0.2) is 9.55 Å². The molecule has 1 aliphatic heterocycles. The van der Waals surface area contributed by atoms with E-state index in [0.717, 1.165) is 50.4 Å². The summed E-state index contributed by atoms with van der Waals surface area (Å²) in [5, 5.41) is 2.24. The van der Waals surface area contributed by atoms with Gasteiger partial charge in [-0.15, -0.1) is 48.1 Å². The molecule has 0 spiro atoms. The van der Waals surface area contributed by atoms with Crippen LogP contribution < -0.4 is 14.5 Å². The SMILES string of the molecule is CC(C)(C)c1cccc(N2[CH-]N(c3[c-]c(Oc4[c-]c5c(cc4)c4cc(C(C)(C)c6ccccc6)ccc4n5-c4cc(C(C)(C)C)ccn4)ccc3)c3cc(C(C)(C)C)c(C(C)(C)C)cc32)c1.[Pt]. The number of nitrogens with zero attached hydrogens (tertiary/aromatic N) is 4. The monoisotopic (exact) mass is 1060 g/mol. The molecule has 0 radical (unpaired) electrons. The Hall–Kier alpha value is -5.64. The predicted molar refractivity (Wildman–Crippen MR) is 278 cm³/mol. The summed E-state index contributed by atoms with van der Waals surface area (Å²) in [5.41, 5.74) is 13.6. The van der Waals surface area contributed by atoms with Gasteiger partial charge >= 0.3 is 0 Å². The number of pyridine rings is 1. The van der Waals surface area contributed by atoms with Gasteiger partial charge in [0.1, 0.15) is 5.82 Å². The second-order valence-corrected chi connectivity index (χ2v) is 22.8. The van der Waals surface area contributed by atoms with Gasteiger partial charge < -0.3 is 19.1 Å². The molecule has 0 amide bonds. The number of anilines is 4. The summed E-state index contributed by atoms with van der Waals surface area (Å²) >= 11 is 0. The van der Waals surface area contributed by atoms with Crippen LogP contribution in [0.1, 0.15) is 130 Å². The van der Waals surface area contributed by atoms with Gasteiger partial charge in [-0.25, -0.2) is 4.98 Å². The molecule has 6 aromatic carbocycles. The Labute approximate surface area is 414 Å². The largest absolute Gasteiger partial charge is 0.509 e. The molecule has 0 N–H and O–H groups in total. The molecule has 3 heterocycles. The van der Waals surface area contributed by atoms with E-state index in [1.807, 2.05) is 18.3 Å². The van der Waals surface area contributed by atoms with E-state index in [1.165, 1.54) is 33.4 Å². The number of benzene rings is 6. The van der Waals surface area contributed by atoms with E-state index in [9.17, 15) is 0 Å². The maximum Gasteiger partial charge on any atom is 0.135 e. The predicted octanol–water partition coefficient (Wildman–Crippen LogP) is 16.5. The summed E-state index contributed by atoms with van der Waals surface area (Å²) in [4.78, 5) is 9.57. The van der Waals surface area contributed by atoms with Crippen LogP contribution in [0.5, 0.6) is 11.5 Å². The van der Waals surface area contributed by atoms with E-state index in [0.29, 0.717) is 11.5 Å². The van der Waals surface area contributed by atoms with Gasteiger partial charge in [0.15, 0.2) is 0 Å². The fourth-order valence-corrected chi connectivity index (χ4v) is 9.36. The van der Waals surface area contributed by atoms with Crippen molar-refractivity contribution in [1.29, 1.82) is 0 Å². The quantitative estimate of drug-likeness (QED) is 0.149. The summed E-state index contributed by atoms with van der Waals surface area (Å²) in [6, 6.07) is 53.4. The Balaban J connectivity index is 0.00000608. The third-order valence-corrected chi connectivity index (χ3v) is 13.4. The summed E-state index contributed by atoms with van der Waals surface area (Å²) in [6.45, 7) is 34.2. The van der Waals surface area contributed by atoms with E-state index < -0.39 is 0 Å². The van der Waals surface area contributed by atoms with Crippen LogP contribution in [0, 0.1) is 18.8 Å². The van der Waals surface area contributed by atoms with Gasteiger partial charge in [0.2, 0.25) is 0 Å².